The molecule has 1 amide bonds. The van der Waals surface area contributed by atoms with Crippen molar-refractivity contribution in [2.24, 2.45) is 0 Å². The molecule has 1 aromatic heterocycles. The maximum Gasteiger partial charge on any atom is 0.406 e. The molecule has 0 spiro atoms. The standard InChI is InChI=1S/C14H18F3N3O/c1-2-6-19-12-8-18-7-5-11(12)13(21)20(10-3-4-10)9-14(15,16)17/h5,7-8,10,19H,2-4,6,9H2,1H3. The lowest BCUT2D eigenvalue weighted by atomic mass is 10.2. The van der Waals surface area contributed by atoms with Crippen molar-refractivity contribution < 1.29 is 18.0 Å². The van der Waals surface area contributed by atoms with E-state index in [-0.39, 0.29) is 11.6 Å². The van der Waals surface area contributed by atoms with Crippen molar-refractivity contribution in [3.63, 3.8) is 0 Å². The summed E-state index contributed by atoms with van der Waals surface area (Å²) in [7, 11) is 0. The summed E-state index contributed by atoms with van der Waals surface area (Å²) in [6.45, 7) is 1.39. The largest absolute Gasteiger partial charge is 0.406 e. The Bertz CT molecular complexity index is 500. The van der Waals surface area contributed by atoms with E-state index in [9.17, 15) is 18.0 Å². The number of amides is 1. The first-order valence-corrected chi connectivity index (χ1v) is 6.98. The monoisotopic (exact) mass is 301 g/mol. The Morgan fingerprint density at radius 3 is 2.76 bits per heavy atom. The topological polar surface area (TPSA) is 45.2 Å². The van der Waals surface area contributed by atoms with Crippen molar-refractivity contribution in [1.29, 1.82) is 0 Å². The van der Waals surface area contributed by atoms with Crippen LogP contribution in [-0.2, 0) is 0 Å². The van der Waals surface area contributed by atoms with Crippen LogP contribution in [0.4, 0.5) is 18.9 Å². The quantitative estimate of drug-likeness (QED) is 0.878. The van der Waals surface area contributed by atoms with Gasteiger partial charge in [0.2, 0.25) is 0 Å². The molecule has 1 aliphatic carbocycles. The minimum Gasteiger partial charge on any atom is -0.383 e. The van der Waals surface area contributed by atoms with Gasteiger partial charge < -0.3 is 10.2 Å². The van der Waals surface area contributed by atoms with E-state index >= 15 is 0 Å². The molecule has 0 aliphatic heterocycles. The molecule has 4 nitrogen and oxygen atoms in total. The molecule has 2 rings (SSSR count). The summed E-state index contributed by atoms with van der Waals surface area (Å²) in [5.74, 6) is -0.587. The third kappa shape index (κ3) is 4.34. The molecule has 1 aliphatic rings. The Hall–Kier alpha value is -1.79. The molecular formula is C14H18F3N3O. The maximum atomic E-state index is 12.7. The molecule has 116 valence electrons. The van der Waals surface area contributed by atoms with E-state index in [1.807, 2.05) is 6.92 Å². The number of pyridine rings is 1. The SMILES string of the molecule is CCCNc1cnccc1C(=O)N(CC(F)(F)F)C1CC1. The van der Waals surface area contributed by atoms with Crippen LogP contribution in [0.25, 0.3) is 0 Å². The van der Waals surface area contributed by atoms with Gasteiger partial charge in [-0.05, 0) is 25.3 Å². The van der Waals surface area contributed by atoms with Crippen LogP contribution >= 0.6 is 0 Å². The highest BCUT2D eigenvalue weighted by atomic mass is 19.4. The maximum absolute atomic E-state index is 12.7. The predicted molar refractivity (Wildman–Crippen MR) is 73.1 cm³/mol. The van der Waals surface area contributed by atoms with Gasteiger partial charge in [0.1, 0.15) is 6.54 Å². The number of carbonyl (C=O) groups is 1. The van der Waals surface area contributed by atoms with Crippen molar-refractivity contribution in [3.05, 3.63) is 24.0 Å². The lowest BCUT2D eigenvalue weighted by Gasteiger charge is -2.24. The van der Waals surface area contributed by atoms with Gasteiger partial charge in [-0.2, -0.15) is 13.2 Å². The summed E-state index contributed by atoms with van der Waals surface area (Å²) >= 11 is 0. The molecule has 7 heteroatoms. The van der Waals surface area contributed by atoms with Crippen molar-refractivity contribution >= 4 is 11.6 Å². The minimum absolute atomic E-state index is 0.245. The fourth-order valence-corrected chi connectivity index (χ4v) is 2.08. The van der Waals surface area contributed by atoms with Gasteiger partial charge in [0.05, 0.1) is 17.4 Å². The van der Waals surface area contributed by atoms with Gasteiger partial charge in [-0.1, -0.05) is 6.92 Å². The van der Waals surface area contributed by atoms with E-state index < -0.39 is 18.6 Å². The van der Waals surface area contributed by atoms with Crippen LogP contribution in [0.5, 0.6) is 0 Å². The number of aromatic nitrogens is 1. The fraction of sp³-hybridized carbons (Fsp3) is 0.571. The Balaban J connectivity index is 2.20. The molecule has 1 N–H and O–H groups in total. The second-order valence-corrected chi connectivity index (χ2v) is 5.13. The molecule has 1 saturated carbocycles. The number of halogens is 3. The van der Waals surface area contributed by atoms with Crippen LogP contribution < -0.4 is 5.32 Å². The van der Waals surface area contributed by atoms with Gasteiger partial charge >= 0.3 is 6.18 Å². The van der Waals surface area contributed by atoms with Crippen LogP contribution in [0, 0.1) is 0 Å². The molecule has 0 aromatic carbocycles. The van der Waals surface area contributed by atoms with E-state index in [0.29, 0.717) is 25.1 Å². The molecule has 0 bridgehead atoms. The van der Waals surface area contributed by atoms with Crippen molar-refractivity contribution in [1.82, 2.24) is 9.88 Å². The first kappa shape index (κ1) is 15.6. The molecule has 0 atom stereocenters. The van der Waals surface area contributed by atoms with Crippen LogP contribution in [0.3, 0.4) is 0 Å². The summed E-state index contributed by atoms with van der Waals surface area (Å²) in [5, 5.41) is 3.03. The van der Waals surface area contributed by atoms with Crippen molar-refractivity contribution in [3.8, 4) is 0 Å². The van der Waals surface area contributed by atoms with Gasteiger partial charge in [0, 0.05) is 18.8 Å². The van der Waals surface area contributed by atoms with Crippen LogP contribution in [0.2, 0.25) is 0 Å². The van der Waals surface area contributed by atoms with E-state index in [2.05, 4.69) is 10.3 Å². The average molecular weight is 301 g/mol. The first-order valence-electron chi connectivity index (χ1n) is 6.98. The molecular weight excluding hydrogens is 283 g/mol. The Morgan fingerprint density at radius 2 is 2.19 bits per heavy atom. The van der Waals surface area contributed by atoms with Gasteiger partial charge in [-0.3, -0.25) is 9.78 Å². The number of anilines is 1. The fourth-order valence-electron chi connectivity index (χ4n) is 2.08. The Labute approximate surface area is 121 Å². The number of hydrogen-bond acceptors (Lipinski definition) is 3. The molecule has 0 radical (unpaired) electrons. The second kappa shape index (κ2) is 6.32. The zero-order valence-corrected chi connectivity index (χ0v) is 11.8. The number of carbonyl (C=O) groups excluding carboxylic acids is 1. The minimum atomic E-state index is -4.39. The third-order valence-corrected chi connectivity index (χ3v) is 3.22. The highest BCUT2D eigenvalue weighted by Gasteiger charge is 2.41. The van der Waals surface area contributed by atoms with Gasteiger partial charge in [0.15, 0.2) is 0 Å². The van der Waals surface area contributed by atoms with E-state index in [1.54, 1.807) is 0 Å². The lowest BCUT2D eigenvalue weighted by molar-refractivity contribution is -0.141. The van der Waals surface area contributed by atoms with Crippen LogP contribution in [-0.4, -0.2) is 41.1 Å². The Morgan fingerprint density at radius 1 is 1.48 bits per heavy atom. The van der Waals surface area contributed by atoms with E-state index in [4.69, 9.17) is 0 Å². The number of hydrogen-bond donors (Lipinski definition) is 1. The summed E-state index contributed by atoms with van der Waals surface area (Å²) in [5.41, 5.74) is 0.728. The predicted octanol–water partition coefficient (Wildman–Crippen LogP) is 3.07. The van der Waals surface area contributed by atoms with Crippen LogP contribution in [0.1, 0.15) is 36.5 Å². The zero-order valence-electron chi connectivity index (χ0n) is 11.8. The van der Waals surface area contributed by atoms with Gasteiger partial charge in [0.25, 0.3) is 5.91 Å². The number of nitrogens with one attached hydrogen (secondary N) is 1. The molecule has 1 heterocycles. The first-order chi connectivity index (χ1) is 9.92. The lowest BCUT2D eigenvalue weighted by Crippen LogP contribution is -2.40. The molecule has 0 saturated heterocycles. The zero-order chi connectivity index (χ0) is 15.5. The summed E-state index contributed by atoms with van der Waals surface area (Å²) in [6, 6.07) is 1.16. The summed E-state index contributed by atoms with van der Waals surface area (Å²) < 4.78 is 38.0. The van der Waals surface area contributed by atoms with E-state index in [0.717, 1.165) is 11.3 Å². The summed E-state index contributed by atoms with van der Waals surface area (Å²) in [4.78, 5) is 17.3. The molecule has 1 fully saturated rings. The molecule has 0 unspecified atom stereocenters. The molecule has 21 heavy (non-hydrogen) atoms. The smallest absolute Gasteiger partial charge is 0.383 e. The normalized spacial score (nSPS) is 14.9. The number of alkyl halides is 3. The Kier molecular flexibility index (Phi) is 4.69. The number of rotatable bonds is 6. The van der Waals surface area contributed by atoms with E-state index in [1.165, 1.54) is 18.5 Å². The van der Waals surface area contributed by atoms with Gasteiger partial charge in [-0.25, -0.2) is 0 Å². The highest BCUT2D eigenvalue weighted by molar-refractivity contribution is 5.99. The van der Waals surface area contributed by atoms with Gasteiger partial charge in [-0.15, -0.1) is 0 Å². The summed E-state index contributed by atoms with van der Waals surface area (Å²) in [6.07, 6.45) is 0.611. The highest BCUT2D eigenvalue weighted by Crippen LogP contribution is 2.32. The number of nitrogens with zero attached hydrogens (tertiary/aromatic N) is 2. The average Bonchev–Trinajstić information content (AvgIpc) is 3.25. The third-order valence-electron chi connectivity index (χ3n) is 3.22. The second-order valence-electron chi connectivity index (χ2n) is 5.13. The van der Waals surface area contributed by atoms with Crippen molar-refractivity contribution in [2.45, 2.75) is 38.4 Å². The molecule has 1 aromatic rings. The van der Waals surface area contributed by atoms with Crippen LogP contribution in [0.15, 0.2) is 18.5 Å². The van der Waals surface area contributed by atoms with Crippen molar-refractivity contribution in [2.75, 3.05) is 18.4 Å².